The maximum absolute atomic E-state index is 13.6. The van der Waals surface area contributed by atoms with Crippen LogP contribution in [0.1, 0.15) is 30.5 Å². The Morgan fingerprint density at radius 1 is 0.974 bits per heavy atom. The highest BCUT2D eigenvalue weighted by molar-refractivity contribution is 9.10. The van der Waals surface area contributed by atoms with E-state index in [9.17, 15) is 9.59 Å². The van der Waals surface area contributed by atoms with Crippen molar-refractivity contribution >= 4 is 38.5 Å². The zero-order chi connectivity index (χ0) is 27.0. The molecule has 8 nitrogen and oxygen atoms in total. The van der Waals surface area contributed by atoms with Gasteiger partial charge < -0.3 is 19.2 Å². The Bertz CT molecular complexity index is 1610. The molecule has 0 fully saturated rings. The Balaban J connectivity index is 1.71. The summed E-state index contributed by atoms with van der Waals surface area (Å²) >= 11 is 3.56. The average molecular weight is 576 g/mol. The second-order valence-corrected chi connectivity index (χ2v) is 9.76. The Hall–Kier alpha value is -4.11. The highest BCUT2D eigenvalue weighted by Crippen LogP contribution is 2.44. The largest absolute Gasteiger partial charge is 0.493 e. The first kappa shape index (κ1) is 25.5. The van der Waals surface area contributed by atoms with E-state index in [1.807, 2.05) is 48.5 Å². The van der Waals surface area contributed by atoms with Crippen molar-refractivity contribution in [3.05, 3.63) is 86.6 Å². The number of nitrogens with zero attached hydrogens (tertiary/aromatic N) is 2. The van der Waals surface area contributed by atoms with Gasteiger partial charge in [-0.2, -0.15) is 5.10 Å². The van der Waals surface area contributed by atoms with Crippen LogP contribution in [-0.4, -0.2) is 42.9 Å². The number of amides is 1. The molecular formula is C29H26BrN3O5. The van der Waals surface area contributed by atoms with Crippen LogP contribution in [0.15, 0.2) is 75.0 Å². The lowest BCUT2D eigenvalue weighted by Crippen LogP contribution is -2.24. The van der Waals surface area contributed by atoms with Crippen molar-refractivity contribution in [2.75, 3.05) is 21.3 Å². The van der Waals surface area contributed by atoms with Crippen molar-refractivity contribution < 1.29 is 19.0 Å². The molecule has 9 heteroatoms. The lowest BCUT2D eigenvalue weighted by Gasteiger charge is -2.22. The SMILES string of the molecule is COc1cc([C@@H]2CC(c3c(-c4ccccc4)c4cc(Br)ccc4[nH]c3=O)=NN2C(C)=O)cc(OC)c1OC. The van der Waals surface area contributed by atoms with E-state index in [2.05, 4.69) is 20.9 Å². The smallest absolute Gasteiger partial charge is 0.258 e. The second-order valence-electron chi connectivity index (χ2n) is 8.85. The molecular weight excluding hydrogens is 550 g/mol. The summed E-state index contributed by atoms with van der Waals surface area (Å²) < 4.78 is 17.4. The molecule has 0 saturated carbocycles. The number of hydrazone groups is 1. The van der Waals surface area contributed by atoms with Gasteiger partial charge in [0.15, 0.2) is 11.5 Å². The fourth-order valence-electron chi connectivity index (χ4n) is 4.95. The van der Waals surface area contributed by atoms with Gasteiger partial charge >= 0.3 is 0 Å². The molecule has 3 aromatic carbocycles. The molecule has 0 spiro atoms. The third-order valence-electron chi connectivity index (χ3n) is 6.63. The Labute approximate surface area is 228 Å². The van der Waals surface area contributed by atoms with Crippen molar-refractivity contribution in [3.63, 3.8) is 0 Å². The van der Waals surface area contributed by atoms with Gasteiger partial charge in [-0.3, -0.25) is 9.59 Å². The molecule has 1 aliphatic rings. The molecule has 4 aromatic rings. The third-order valence-corrected chi connectivity index (χ3v) is 7.13. The molecule has 0 radical (unpaired) electrons. The number of H-pyrrole nitrogens is 1. The minimum Gasteiger partial charge on any atom is -0.493 e. The maximum atomic E-state index is 13.6. The molecule has 2 heterocycles. The van der Waals surface area contributed by atoms with Gasteiger partial charge in [-0.25, -0.2) is 5.01 Å². The number of hydrogen-bond donors (Lipinski definition) is 1. The number of pyridine rings is 1. The van der Waals surface area contributed by atoms with Gasteiger partial charge in [0.25, 0.3) is 5.56 Å². The fourth-order valence-corrected chi connectivity index (χ4v) is 5.31. The molecule has 1 aliphatic heterocycles. The number of carbonyl (C=O) groups is 1. The van der Waals surface area contributed by atoms with E-state index in [0.29, 0.717) is 40.5 Å². The normalized spacial score (nSPS) is 14.9. The van der Waals surface area contributed by atoms with Crippen molar-refractivity contribution in [1.82, 2.24) is 9.99 Å². The molecule has 0 aliphatic carbocycles. The van der Waals surface area contributed by atoms with Crippen molar-refractivity contribution in [1.29, 1.82) is 0 Å². The van der Waals surface area contributed by atoms with E-state index in [1.54, 1.807) is 26.4 Å². The highest BCUT2D eigenvalue weighted by Gasteiger charge is 2.35. The van der Waals surface area contributed by atoms with Gasteiger partial charge in [-0.05, 0) is 41.5 Å². The van der Waals surface area contributed by atoms with Gasteiger partial charge in [0.05, 0.1) is 38.6 Å². The summed E-state index contributed by atoms with van der Waals surface area (Å²) in [6, 6.07) is 18.6. The molecule has 1 amide bonds. The number of rotatable bonds is 6. The summed E-state index contributed by atoms with van der Waals surface area (Å²) in [6.45, 7) is 1.46. The van der Waals surface area contributed by atoms with Crippen LogP contribution in [0, 0.1) is 0 Å². The predicted molar refractivity (Wildman–Crippen MR) is 150 cm³/mol. The number of methoxy groups -OCH3 is 3. The molecule has 0 unspecified atom stereocenters. The number of aromatic nitrogens is 1. The summed E-state index contributed by atoms with van der Waals surface area (Å²) in [7, 11) is 4.62. The minimum absolute atomic E-state index is 0.250. The molecule has 38 heavy (non-hydrogen) atoms. The van der Waals surface area contributed by atoms with Crippen LogP contribution in [0.3, 0.4) is 0 Å². The maximum Gasteiger partial charge on any atom is 0.258 e. The monoisotopic (exact) mass is 575 g/mol. The minimum atomic E-state index is -0.475. The summed E-state index contributed by atoms with van der Waals surface area (Å²) in [5.74, 6) is 1.14. The topological polar surface area (TPSA) is 93.2 Å². The van der Waals surface area contributed by atoms with Gasteiger partial charge in [0.1, 0.15) is 0 Å². The lowest BCUT2D eigenvalue weighted by atomic mass is 9.91. The first-order chi connectivity index (χ1) is 18.4. The second kappa shape index (κ2) is 10.3. The Kier molecular flexibility index (Phi) is 6.94. The van der Waals surface area contributed by atoms with E-state index >= 15 is 0 Å². The van der Waals surface area contributed by atoms with Crippen LogP contribution in [0.5, 0.6) is 17.2 Å². The van der Waals surface area contributed by atoms with Crippen LogP contribution in [-0.2, 0) is 4.79 Å². The van der Waals surface area contributed by atoms with Gasteiger partial charge in [0.2, 0.25) is 11.7 Å². The zero-order valence-electron chi connectivity index (χ0n) is 21.4. The quantitative estimate of drug-likeness (QED) is 0.319. The molecule has 0 bridgehead atoms. The van der Waals surface area contributed by atoms with Gasteiger partial charge in [-0.1, -0.05) is 46.3 Å². The fraction of sp³-hybridized carbons (Fsp3) is 0.207. The summed E-state index contributed by atoms with van der Waals surface area (Å²) in [4.78, 5) is 29.4. The average Bonchev–Trinajstić information content (AvgIpc) is 3.37. The molecule has 194 valence electrons. The number of aromatic amines is 1. The van der Waals surface area contributed by atoms with E-state index in [4.69, 9.17) is 19.3 Å². The van der Waals surface area contributed by atoms with Crippen LogP contribution >= 0.6 is 15.9 Å². The van der Waals surface area contributed by atoms with E-state index < -0.39 is 6.04 Å². The predicted octanol–water partition coefficient (Wildman–Crippen LogP) is 5.68. The highest BCUT2D eigenvalue weighted by atomic mass is 79.9. The Morgan fingerprint density at radius 2 is 1.66 bits per heavy atom. The van der Waals surface area contributed by atoms with Crippen LogP contribution in [0.25, 0.3) is 22.0 Å². The molecule has 1 N–H and O–H groups in total. The zero-order valence-corrected chi connectivity index (χ0v) is 23.0. The molecule has 1 atom stereocenters. The number of carbonyl (C=O) groups excluding carboxylic acids is 1. The first-order valence-corrected chi connectivity index (χ1v) is 12.7. The molecule has 1 aromatic heterocycles. The summed E-state index contributed by atoms with van der Waals surface area (Å²) in [5.41, 5.74) is 3.78. The third kappa shape index (κ3) is 4.43. The van der Waals surface area contributed by atoms with Gasteiger partial charge in [-0.15, -0.1) is 0 Å². The number of halogens is 1. The number of hydrogen-bond acceptors (Lipinski definition) is 6. The van der Waals surface area contributed by atoms with Gasteiger partial charge in [0, 0.05) is 34.3 Å². The van der Waals surface area contributed by atoms with Crippen LogP contribution < -0.4 is 19.8 Å². The number of fused-ring (bicyclic) bond motifs is 1. The first-order valence-electron chi connectivity index (χ1n) is 11.9. The summed E-state index contributed by atoms with van der Waals surface area (Å²) in [6.07, 6.45) is 0.320. The lowest BCUT2D eigenvalue weighted by molar-refractivity contribution is -0.130. The van der Waals surface area contributed by atoms with E-state index in [1.165, 1.54) is 19.0 Å². The van der Waals surface area contributed by atoms with Crippen molar-refractivity contribution in [3.8, 4) is 28.4 Å². The Morgan fingerprint density at radius 3 is 2.26 bits per heavy atom. The van der Waals surface area contributed by atoms with E-state index in [0.717, 1.165) is 26.5 Å². The van der Waals surface area contributed by atoms with E-state index in [-0.39, 0.29) is 11.5 Å². The number of ether oxygens (including phenoxy) is 3. The summed E-state index contributed by atoms with van der Waals surface area (Å²) in [5, 5.41) is 6.98. The van der Waals surface area contributed by atoms with Crippen molar-refractivity contribution in [2.24, 2.45) is 5.10 Å². The van der Waals surface area contributed by atoms with Crippen LogP contribution in [0.4, 0.5) is 0 Å². The molecule has 0 saturated heterocycles. The number of nitrogens with one attached hydrogen (secondary N) is 1. The van der Waals surface area contributed by atoms with Crippen molar-refractivity contribution in [2.45, 2.75) is 19.4 Å². The van der Waals surface area contributed by atoms with Crippen LogP contribution in [0.2, 0.25) is 0 Å². The number of benzene rings is 3. The standard InChI is InChI=1S/C29H26BrN3O5/c1-16(34)33-23(18-12-24(36-2)28(38-4)25(13-18)37-3)15-22(32-33)27-26(17-8-6-5-7-9-17)20-14-19(30)10-11-21(20)31-29(27)35/h5-14,23H,15H2,1-4H3,(H,31,35)/t23-/m0/s1. The molecule has 5 rings (SSSR count).